The van der Waals surface area contributed by atoms with Crippen molar-refractivity contribution in [2.24, 2.45) is 0 Å². The average molecular weight is 658 g/mol. The van der Waals surface area contributed by atoms with E-state index in [0.717, 1.165) is 29.7 Å². The molecule has 0 unspecified atom stereocenters. The van der Waals surface area contributed by atoms with E-state index in [1.807, 2.05) is 16.5 Å². The van der Waals surface area contributed by atoms with Gasteiger partial charge in [-0.1, -0.05) is 68.8 Å². The van der Waals surface area contributed by atoms with Crippen molar-refractivity contribution in [3.8, 4) is 0 Å². The molecule has 46 heavy (non-hydrogen) atoms. The summed E-state index contributed by atoms with van der Waals surface area (Å²) in [6.07, 6.45) is 2.64. The van der Waals surface area contributed by atoms with E-state index < -0.39 is 8.32 Å². The van der Waals surface area contributed by atoms with E-state index in [-0.39, 0.29) is 52.8 Å². The van der Waals surface area contributed by atoms with E-state index >= 15 is 0 Å². The summed E-state index contributed by atoms with van der Waals surface area (Å²) in [6.45, 7) is 25.9. The molecule has 1 aromatic heterocycles. The van der Waals surface area contributed by atoms with Gasteiger partial charge in [0.15, 0.2) is 8.32 Å². The topological polar surface area (TPSA) is 72.0 Å². The van der Waals surface area contributed by atoms with Crippen molar-refractivity contribution in [3.63, 3.8) is 0 Å². The smallest absolute Gasteiger partial charge is 0.273 e. The summed E-state index contributed by atoms with van der Waals surface area (Å²) >= 11 is 6.13. The standard InChI is InChI=1S/C36H44ClN5O3Si/c1-22-18-30-28(21-40(22)33(43)26-12-15-29(37)31(19-26)38-7)32-34(44)41(20-23(2)42(32)39-30)24(3)25-10-13-27(14-11-25)36(16-17-36)45-46(8,9)35(4,5)6/h10-15,19,22-24H,16-18,20-21H2,1-6,8-9H3/t22-,23-,24-/m1/s1. The lowest BCUT2D eigenvalue weighted by Gasteiger charge is -2.40. The first-order chi connectivity index (χ1) is 21.6. The van der Waals surface area contributed by atoms with Crippen molar-refractivity contribution in [1.29, 1.82) is 0 Å². The van der Waals surface area contributed by atoms with Crippen LogP contribution in [0.5, 0.6) is 0 Å². The molecule has 0 radical (unpaired) electrons. The molecule has 0 bridgehead atoms. The second-order valence-electron chi connectivity index (χ2n) is 14.9. The number of hydrogen-bond acceptors (Lipinski definition) is 4. The number of carbonyl (C=O) groups excluding carboxylic acids is 2. The molecule has 0 N–H and O–H groups in total. The lowest BCUT2D eigenvalue weighted by atomic mass is 9.96. The Kier molecular flexibility index (Phi) is 8.02. The van der Waals surface area contributed by atoms with E-state index in [9.17, 15) is 9.59 Å². The minimum atomic E-state index is -1.92. The molecule has 0 spiro atoms. The van der Waals surface area contributed by atoms with Gasteiger partial charge >= 0.3 is 0 Å². The van der Waals surface area contributed by atoms with Crippen molar-refractivity contribution in [3.05, 3.63) is 92.5 Å². The maximum atomic E-state index is 14.2. The van der Waals surface area contributed by atoms with Gasteiger partial charge in [0.1, 0.15) is 5.69 Å². The van der Waals surface area contributed by atoms with E-state index in [1.165, 1.54) is 5.56 Å². The first-order valence-corrected chi connectivity index (χ1v) is 19.6. The minimum absolute atomic E-state index is 0.00954. The molecule has 10 heteroatoms. The Hall–Kier alpha value is -3.45. The SMILES string of the molecule is [C-]#[N+]c1cc(C(=O)N2Cc3c(nn4c3C(=O)N([C@H](C)c3ccc(C5(O[Si](C)(C)C(C)(C)C)CC5)cc3)C[C@H]4C)C[C@H]2C)ccc1Cl. The van der Waals surface area contributed by atoms with E-state index in [0.29, 0.717) is 29.2 Å². The van der Waals surface area contributed by atoms with Crippen LogP contribution in [0.25, 0.3) is 4.85 Å². The molecule has 3 aliphatic rings. The number of amides is 2. The van der Waals surface area contributed by atoms with Gasteiger partial charge in [-0.25, -0.2) is 4.85 Å². The zero-order chi connectivity index (χ0) is 33.3. The molecule has 2 aliphatic heterocycles. The number of halogens is 1. The quantitative estimate of drug-likeness (QED) is 0.197. The minimum Gasteiger partial charge on any atom is -0.407 e. The van der Waals surface area contributed by atoms with Crippen LogP contribution in [-0.4, -0.2) is 52.3 Å². The van der Waals surface area contributed by atoms with Crippen LogP contribution in [0.4, 0.5) is 5.69 Å². The Morgan fingerprint density at radius 2 is 1.80 bits per heavy atom. The van der Waals surface area contributed by atoms with Crippen LogP contribution in [0.15, 0.2) is 42.5 Å². The summed E-state index contributed by atoms with van der Waals surface area (Å²) in [6, 6.07) is 13.2. The summed E-state index contributed by atoms with van der Waals surface area (Å²) in [5, 5.41) is 5.37. The third-order valence-corrected chi connectivity index (χ3v) is 15.5. The summed E-state index contributed by atoms with van der Waals surface area (Å²) in [4.78, 5) is 35.1. The molecule has 3 aromatic rings. The molecule has 3 heterocycles. The second-order valence-corrected chi connectivity index (χ2v) is 20.1. The molecule has 8 nitrogen and oxygen atoms in total. The first-order valence-electron chi connectivity index (χ1n) is 16.3. The number of fused-ring (bicyclic) bond motifs is 3. The fourth-order valence-electron chi connectivity index (χ4n) is 6.64. The Morgan fingerprint density at radius 3 is 2.41 bits per heavy atom. The number of aromatic nitrogens is 2. The van der Waals surface area contributed by atoms with Gasteiger partial charge in [0.25, 0.3) is 11.8 Å². The fourth-order valence-corrected chi connectivity index (χ4v) is 8.41. The molecular formula is C36H44ClN5O3Si. The summed E-state index contributed by atoms with van der Waals surface area (Å²) < 4.78 is 8.78. The Labute approximate surface area is 278 Å². The van der Waals surface area contributed by atoms with E-state index in [1.54, 1.807) is 23.1 Å². The number of carbonyl (C=O) groups is 2. The normalized spacial score (nSPS) is 21.3. The molecular weight excluding hydrogens is 614 g/mol. The second kappa shape index (κ2) is 11.4. The zero-order valence-corrected chi connectivity index (χ0v) is 29.9. The summed E-state index contributed by atoms with van der Waals surface area (Å²) in [5.41, 5.74) is 5.04. The number of nitrogens with zero attached hydrogens (tertiary/aromatic N) is 5. The van der Waals surface area contributed by atoms with E-state index in [2.05, 4.69) is 76.8 Å². The lowest BCUT2D eigenvalue weighted by molar-refractivity contribution is 0.0574. The molecule has 6 rings (SSSR count). The third-order valence-electron chi connectivity index (χ3n) is 10.7. The molecule has 242 valence electrons. The molecule has 1 saturated carbocycles. The van der Waals surface area contributed by atoms with Crippen LogP contribution >= 0.6 is 11.6 Å². The molecule has 1 fully saturated rings. The highest BCUT2D eigenvalue weighted by molar-refractivity contribution is 6.74. The highest BCUT2D eigenvalue weighted by Gasteiger charge is 2.52. The van der Waals surface area contributed by atoms with Crippen molar-refractivity contribution in [1.82, 2.24) is 19.6 Å². The number of rotatable bonds is 6. The van der Waals surface area contributed by atoms with Gasteiger partial charge in [0.2, 0.25) is 5.69 Å². The van der Waals surface area contributed by atoms with Crippen LogP contribution in [0.1, 0.15) is 110 Å². The fraction of sp³-hybridized carbons (Fsp3) is 0.500. The lowest BCUT2D eigenvalue weighted by Crippen LogP contribution is -2.45. The molecule has 3 atom stereocenters. The Morgan fingerprint density at radius 1 is 1.13 bits per heavy atom. The van der Waals surface area contributed by atoms with Crippen molar-refractivity contribution < 1.29 is 14.0 Å². The average Bonchev–Trinajstić information content (AvgIpc) is 3.68. The van der Waals surface area contributed by atoms with Crippen molar-refractivity contribution in [2.75, 3.05) is 6.54 Å². The Bertz CT molecular complexity index is 1750. The van der Waals surface area contributed by atoms with Crippen LogP contribution in [0.2, 0.25) is 23.2 Å². The first kappa shape index (κ1) is 32.5. The summed E-state index contributed by atoms with van der Waals surface area (Å²) in [7, 11) is -1.92. The number of benzene rings is 2. The largest absolute Gasteiger partial charge is 0.407 e. The molecule has 2 amide bonds. The van der Waals surface area contributed by atoms with Crippen LogP contribution < -0.4 is 0 Å². The van der Waals surface area contributed by atoms with E-state index in [4.69, 9.17) is 27.7 Å². The maximum Gasteiger partial charge on any atom is 0.273 e. The van der Waals surface area contributed by atoms with Crippen molar-refractivity contribution in [2.45, 2.75) is 109 Å². The van der Waals surface area contributed by atoms with Crippen LogP contribution in [0.3, 0.4) is 0 Å². The Balaban J connectivity index is 1.24. The predicted octanol–water partition coefficient (Wildman–Crippen LogP) is 8.46. The monoisotopic (exact) mass is 657 g/mol. The molecule has 0 saturated heterocycles. The number of hydrogen-bond donors (Lipinski definition) is 0. The highest BCUT2D eigenvalue weighted by Crippen LogP contribution is 2.54. The van der Waals surface area contributed by atoms with Crippen LogP contribution in [-0.2, 0) is 23.0 Å². The predicted molar refractivity (Wildman–Crippen MR) is 183 cm³/mol. The molecule has 2 aromatic carbocycles. The third kappa shape index (κ3) is 5.48. The van der Waals surface area contributed by atoms with Gasteiger partial charge in [-0.15, -0.1) is 0 Å². The van der Waals surface area contributed by atoms with Gasteiger partial charge in [-0.05, 0) is 68.9 Å². The van der Waals surface area contributed by atoms with Crippen LogP contribution in [0, 0.1) is 6.57 Å². The molecule has 1 aliphatic carbocycles. The summed E-state index contributed by atoms with van der Waals surface area (Å²) in [5.74, 6) is -0.251. The van der Waals surface area contributed by atoms with Gasteiger partial charge in [-0.3, -0.25) is 14.3 Å². The van der Waals surface area contributed by atoms with Gasteiger partial charge in [0, 0.05) is 35.2 Å². The van der Waals surface area contributed by atoms with Gasteiger partial charge in [0.05, 0.1) is 36.5 Å². The van der Waals surface area contributed by atoms with Gasteiger partial charge < -0.3 is 14.2 Å². The maximum absolute atomic E-state index is 14.2. The van der Waals surface area contributed by atoms with Gasteiger partial charge in [-0.2, -0.15) is 5.10 Å². The zero-order valence-electron chi connectivity index (χ0n) is 28.1. The van der Waals surface area contributed by atoms with Crippen molar-refractivity contribution >= 4 is 37.4 Å². The highest BCUT2D eigenvalue weighted by atomic mass is 35.5.